The van der Waals surface area contributed by atoms with Crippen LogP contribution in [0.4, 0.5) is 0 Å². The van der Waals surface area contributed by atoms with Crippen molar-refractivity contribution in [2.24, 2.45) is 17.4 Å². The number of carbonyl (C=O) groups excluding carboxylic acids is 2. The Hall–Kier alpha value is -2.90. The zero-order valence-electron chi connectivity index (χ0n) is 18.5. The van der Waals surface area contributed by atoms with Crippen LogP contribution in [0.5, 0.6) is 5.75 Å². The number of hydrogen-bond acceptors (Lipinski definition) is 6. The molecule has 0 aliphatic heterocycles. The minimum atomic E-state index is -0.821. The third kappa shape index (κ3) is 7.66. The van der Waals surface area contributed by atoms with Crippen molar-refractivity contribution in [3.63, 3.8) is 0 Å². The molecule has 3 rings (SSSR count). The Morgan fingerprint density at radius 1 is 1.00 bits per heavy atom. The summed E-state index contributed by atoms with van der Waals surface area (Å²) in [6.45, 7) is 2.83. The number of ether oxygens (including phenoxy) is 2. The fourth-order valence-electron chi connectivity index (χ4n) is 3.20. The number of nitrogens with two attached hydrogens (primary N) is 2. The first-order chi connectivity index (χ1) is 15.4. The minimum Gasteiger partial charge on any atom is -0.493 e. The first-order valence-corrected chi connectivity index (χ1v) is 11.2. The highest BCUT2D eigenvalue weighted by Gasteiger charge is 2.22. The first-order valence-electron chi connectivity index (χ1n) is 11.2. The number of carbonyl (C=O) groups is 2. The van der Waals surface area contributed by atoms with Crippen LogP contribution in [0.2, 0.25) is 0 Å². The van der Waals surface area contributed by atoms with Crippen LogP contribution in [0, 0.1) is 5.92 Å². The molecule has 2 aromatic carbocycles. The number of esters is 1. The average molecular weight is 440 g/mol. The van der Waals surface area contributed by atoms with Gasteiger partial charge >= 0.3 is 5.97 Å². The van der Waals surface area contributed by atoms with Gasteiger partial charge in [0.15, 0.2) is 0 Å². The Bertz CT molecular complexity index is 869. The number of amides is 1. The number of nitrogens with one attached hydrogen (secondary N) is 1. The molecule has 0 heterocycles. The van der Waals surface area contributed by atoms with Gasteiger partial charge < -0.3 is 26.3 Å². The number of hydrogen-bond donors (Lipinski definition) is 3. The summed E-state index contributed by atoms with van der Waals surface area (Å²) in [6.07, 6.45) is 3.06. The second kappa shape index (κ2) is 11.6. The smallest absolute Gasteiger partial charge is 0.323 e. The van der Waals surface area contributed by atoms with Gasteiger partial charge in [-0.1, -0.05) is 42.5 Å². The van der Waals surface area contributed by atoms with Crippen molar-refractivity contribution in [3.8, 4) is 5.75 Å². The number of benzene rings is 2. The van der Waals surface area contributed by atoms with Crippen molar-refractivity contribution < 1.29 is 19.1 Å². The zero-order valence-corrected chi connectivity index (χ0v) is 18.5. The van der Waals surface area contributed by atoms with Gasteiger partial charge in [-0.05, 0) is 61.8 Å². The van der Waals surface area contributed by atoms with Crippen molar-refractivity contribution in [1.29, 1.82) is 0 Å². The Kier molecular flexibility index (Phi) is 8.64. The lowest BCUT2D eigenvalue weighted by Crippen LogP contribution is -2.43. The quantitative estimate of drug-likeness (QED) is 0.438. The molecule has 0 bridgehead atoms. The maximum absolute atomic E-state index is 12.5. The topological polar surface area (TPSA) is 117 Å². The molecular formula is C25H33N3O4. The largest absolute Gasteiger partial charge is 0.493 e. The van der Waals surface area contributed by atoms with E-state index in [-0.39, 0.29) is 31.4 Å². The molecule has 7 nitrogen and oxygen atoms in total. The van der Waals surface area contributed by atoms with E-state index in [1.807, 2.05) is 61.5 Å². The van der Waals surface area contributed by atoms with Crippen LogP contribution in [0.1, 0.15) is 49.8 Å². The van der Waals surface area contributed by atoms with Crippen LogP contribution in [0.3, 0.4) is 0 Å². The normalized spacial score (nSPS) is 16.0. The molecule has 7 heteroatoms. The van der Waals surface area contributed by atoms with Gasteiger partial charge in [0.2, 0.25) is 5.91 Å². The molecule has 3 atom stereocenters. The number of rotatable bonds is 12. The van der Waals surface area contributed by atoms with Gasteiger partial charge in [-0.3, -0.25) is 9.59 Å². The fraction of sp³-hybridized carbons (Fsp3) is 0.440. The monoisotopic (exact) mass is 439 g/mol. The zero-order chi connectivity index (χ0) is 22.9. The second-order valence-electron chi connectivity index (χ2n) is 8.44. The maximum Gasteiger partial charge on any atom is 0.323 e. The fourth-order valence-corrected chi connectivity index (χ4v) is 3.20. The van der Waals surface area contributed by atoms with Crippen LogP contribution in [0.25, 0.3) is 0 Å². The lowest BCUT2D eigenvalue weighted by Gasteiger charge is -2.19. The van der Waals surface area contributed by atoms with Gasteiger partial charge in [-0.25, -0.2) is 0 Å². The third-order valence-electron chi connectivity index (χ3n) is 5.57. The van der Waals surface area contributed by atoms with Crippen molar-refractivity contribution in [1.82, 2.24) is 5.32 Å². The molecule has 1 fully saturated rings. The molecule has 1 unspecified atom stereocenters. The van der Waals surface area contributed by atoms with E-state index < -0.39 is 18.1 Å². The summed E-state index contributed by atoms with van der Waals surface area (Å²) in [5.74, 6) is 0.757. The van der Waals surface area contributed by atoms with E-state index in [1.165, 1.54) is 12.8 Å². The van der Waals surface area contributed by atoms with Gasteiger partial charge in [0.25, 0.3) is 0 Å². The molecule has 1 saturated carbocycles. The SMILES string of the molecule is CC(NC(=O)[C@H](N)CC[C@H](N)C(=O)OCc1ccccc1)c1ccc(OCC2CC2)cc1. The van der Waals surface area contributed by atoms with Crippen molar-refractivity contribution >= 4 is 11.9 Å². The molecule has 1 aliphatic rings. The van der Waals surface area contributed by atoms with Crippen molar-refractivity contribution in [2.75, 3.05) is 6.61 Å². The van der Waals surface area contributed by atoms with E-state index in [0.717, 1.165) is 23.5 Å². The lowest BCUT2D eigenvalue weighted by atomic mass is 10.0. The van der Waals surface area contributed by atoms with E-state index in [9.17, 15) is 9.59 Å². The summed E-state index contributed by atoms with van der Waals surface area (Å²) in [4.78, 5) is 24.5. The summed E-state index contributed by atoms with van der Waals surface area (Å²) in [5, 5.41) is 2.91. The average Bonchev–Trinajstić information content (AvgIpc) is 3.65. The molecule has 32 heavy (non-hydrogen) atoms. The predicted molar refractivity (Wildman–Crippen MR) is 123 cm³/mol. The molecule has 0 spiro atoms. The van der Waals surface area contributed by atoms with Crippen LogP contribution in [0.15, 0.2) is 54.6 Å². The van der Waals surface area contributed by atoms with Crippen LogP contribution in [-0.4, -0.2) is 30.6 Å². The van der Waals surface area contributed by atoms with E-state index >= 15 is 0 Å². The van der Waals surface area contributed by atoms with Crippen LogP contribution >= 0.6 is 0 Å². The van der Waals surface area contributed by atoms with Gasteiger partial charge in [-0.15, -0.1) is 0 Å². The summed E-state index contributed by atoms with van der Waals surface area (Å²) in [7, 11) is 0. The second-order valence-corrected chi connectivity index (χ2v) is 8.44. The summed E-state index contributed by atoms with van der Waals surface area (Å²) >= 11 is 0. The molecule has 1 aliphatic carbocycles. The van der Waals surface area contributed by atoms with E-state index in [1.54, 1.807) is 0 Å². The summed E-state index contributed by atoms with van der Waals surface area (Å²) in [6, 6.07) is 15.3. The summed E-state index contributed by atoms with van der Waals surface area (Å²) < 4.78 is 11.0. The maximum atomic E-state index is 12.5. The molecule has 0 radical (unpaired) electrons. The first kappa shape index (κ1) is 23.8. The van der Waals surface area contributed by atoms with Gasteiger partial charge in [-0.2, -0.15) is 0 Å². The molecule has 5 N–H and O–H groups in total. The highest BCUT2D eigenvalue weighted by Crippen LogP contribution is 2.29. The Morgan fingerprint density at radius 3 is 2.31 bits per heavy atom. The van der Waals surface area contributed by atoms with Crippen LogP contribution < -0.4 is 21.5 Å². The van der Waals surface area contributed by atoms with E-state index in [0.29, 0.717) is 5.92 Å². The summed E-state index contributed by atoms with van der Waals surface area (Å²) in [5.41, 5.74) is 13.8. The molecule has 1 amide bonds. The Morgan fingerprint density at radius 2 is 1.66 bits per heavy atom. The van der Waals surface area contributed by atoms with E-state index in [4.69, 9.17) is 20.9 Å². The van der Waals surface area contributed by atoms with Gasteiger partial charge in [0.05, 0.1) is 18.7 Å². The Balaban J connectivity index is 1.37. The third-order valence-corrected chi connectivity index (χ3v) is 5.57. The lowest BCUT2D eigenvalue weighted by molar-refractivity contribution is -0.146. The standard InChI is InChI=1S/C25H33N3O4/c1-17(20-9-11-21(12-10-20)31-15-19-7-8-19)28-24(29)22(26)13-14-23(27)25(30)32-16-18-5-3-2-4-6-18/h2-6,9-12,17,19,22-23H,7-8,13-16,26-27H2,1H3,(H,28,29)/t17?,22-,23+/m1/s1. The molecule has 0 aromatic heterocycles. The molecular weight excluding hydrogens is 406 g/mol. The van der Waals surface area contributed by atoms with Crippen LogP contribution in [-0.2, 0) is 20.9 Å². The molecule has 0 saturated heterocycles. The Labute approximate surface area is 189 Å². The van der Waals surface area contributed by atoms with Gasteiger partial charge in [0, 0.05) is 0 Å². The molecule has 2 aromatic rings. The highest BCUT2D eigenvalue weighted by molar-refractivity contribution is 5.82. The minimum absolute atomic E-state index is 0.168. The highest BCUT2D eigenvalue weighted by atomic mass is 16.5. The van der Waals surface area contributed by atoms with Crippen molar-refractivity contribution in [2.45, 2.75) is 57.3 Å². The molecule has 172 valence electrons. The van der Waals surface area contributed by atoms with E-state index in [2.05, 4.69) is 5.32 Å². The predicted octanol–water partition coefficient (Wildman–Crippen LogP) is 2.83. The van der Waals surface area contributed by atoms with Crippen molar-refractivity contribution in [3.05, 3.63) is 65.7 Å². The van der Waals surface area contributed by atoms with Gasteiger partial charge in [0.1, 0.15) is 18.4 Å².